The van der Waals surface area contributed by atoms with Crippen molar-refractivity contribution in [2.75, 3.05) is 13.2 Å². The zero-order valence-electron chi connectivity index (χ0n) is 15.5. The van der Waals surface area contributed by atoms with E-state index in [1.165, 1.54) is 16.7 Å². The summed E-state index contributed by atoms with van der Waals surface area (Å²) in [6.07, 6.45) is -0.369. The summed E-state index contributed by atoms with van der Waals surface area (Å²) in [6, 6.07) is -0.225. The van der Waals surface area contributed by atoms with Gasteiger partial charge in [-0.05, 0) is 12.8 Å². The van der Waals surface area contributed by atoms with Gasteiger partial charge in [0.2, 0.25) is 11.8 Å². The van der Waals surface area contributed by atoms with Gasteiger partial charge in [0.1, 0.15) is 5.70 Å². The highest BCUT2D eigenvalue weighted by Crippen LogP contribution is 2.51. The first-order chi connectivity index (χ1) is 12.2. The number of thioether (sulfide) groups is 1. The normalized spacial score (nSPS) is 31.8. The Morgan fingerprint density at radius 1 is 1.38 bits per heavy atom. The van der Waals surface area contributed by atoms with E-state index in [4.69, 9.17) is 4.74 Å². The molecule has 5 atom stereocenters. The van der Waals surface area contributed by atoms with Crippen molar-refractivity contribution in [1.82, 2.24) is 10.2 Å². The van der Waals surface area contributed by atoms with Crippen molar-refractivity contribution < 1.29 is 24.2 Å². The van der Waals surface area contributed by atoms with Crippen LogP contribution < -0.4 is 5.32 Å². The molecule has 2 fully saturated rings. The number of β-lactam (4-membered cyclic amide) rings is 1. The molecule has 3 aliphatic rings. The summed E-state index contributed by atoms with van der Waals surface area (Å²) in [5.41, 5.74) is 0.300. The molecule has 0 aliphatic carbocycles. The zero-order chi connectivity index (χ0) is 19.2. The summed E-state index contributed by atoms with van der Waals surface area (Å²) in [5, 5.41) is 12.8. The van der Waals surface area contributed by atoms with Crippen molar-refractivity contribution in [2.24, 2.45) is 17.8 Å². The van der Waals surface area contributed by atoms with Crippen LogP contribution >= 0.6 is 11.8 Å². The van der Waals surface area contributed by atoms with Crippen LogP contribution in [-0.2, 0) is 19.1 Å². The van der Waals surface area contributed by atoms with Crippen LogP contribution in [0.5, 0.6) is 0 Å². The quantitative estimate of drug-likeness (QED) is 0.523. The number of nitrogens with one attached hydrogen (secondary N) is 1. The van der Waals surface area contributed by atoms with Crippen LogP contribution in [0, 0.1) is 17.8 Å². The Bertz CT molecular complexity index is 660. The van der Waals surface area contributed by atoms with E-state index in [-0.39, 0.29) is 41.5 Å². The van der Waals surface area contributed by atoms with Crippen LogP contribution in [0.4, 0.5) is 0 Å². The number of hydrogen-bond donors (Lipinski definition) is 2. The molecule has 0 bridgehead atoms. The Labute approximate surface area is 157 Å². The molecule has 144 valence electrons. The zero-order valence-corrected chi connectivity index (χ0v) is 16.3. The Kier molecular flexibility index (Phi) is 5.35. The number of ether oxygens (including phenoxy) is 1. The van der Waals surface area contributed by atoms with Gasteiger partial charge in [0, 0.05) is 29.0 Å². The molecular formula is C18H26N2O5S. The molecule has 0 aromatic heterocycles. The number of nitrogens with zero attached hydrogens (tertiary/aromatic N) is 1. The maximum atomic E-state index is 12.7. The van der Waals surface area contributed by atoms with Gasteiger partial charge >= 0.3 is 5.97 Å². The van der Waals surface area contributed by atoms with Crippen molar-refractivity contribution in [2.45, 2.75) is 51.5 Å². The molecule has 8 heteroatoms. The number of carbonyl (C=O) groups is 3. The molecule has 7 nitrogen and oxygen atoms in total. The first kappa shape index (κ1) is 19.2. The fraction of sp³-hybridized carbons (Fsp3) is 0.722. The fourth-order valence-electron chi connectivity index (χ4n) is 3.82. The van der Waals surface area contributed by atoms with Gasteiger partial charge in [0.05, 0.1) is 24.7 Å². The molecule has 2 N–H and O–H groups in total. The van der Waals surface area contributed by atoms with Crippen LogP contribution in [0.3, 0.4) is 0 Å². The standard InChI is InChI=1S/C18H26N2O5S/c1-8(2)7-25-18(24)15-16(26-11-5-12(22)19-6-11)9(3)14-13(10(4)21)17(23)20(14)15/h8-11,13-14,21H,5-7H2,1-4H3,(H,19,22)/t9-,10-,11?,13?,14?/m1/s1. The number of aliphatic hydroxyl groups excluding tert-OH is 1. The highest BCUT2D eigenvalue weighted by atomic mass is 32.2. The molecule has 0 aromatic rings. The minimum atomic E-state index is -0.766. The van der Waals surface area contributed by atoms with Crippen molar-refractivity contribution in [3.05, 3.63) is 10.6 Å². The third-order valence-corrected chi connectivity index (χ3v) is 6.57. The first-order valence-corrected chi connectivity index (χ1v) is 9.96. The smallest absolute Gasteiger partial charge is 0.355 e. The summed E-state index contributed by atoms with van der Waals surface area (Å²) in [5.74, 6) is -1.11. The van der Waals surface area contributed by atoms with Crippen molar-refractivity contribution >= 4 is 29.5 Å². The van der Waals surface area contributed by atoms with E-state index in [1.807, 2.05) is 20.8 Å². The van der Waals surface area contributed by atoms with Gasteiger partial charge in [-0.2, -0.15) is 0 Å². The van der Waals surface area contributed by atoms with Crippen LogP contribution in [0.15, 0.2) is 10.6 Å². The molecule has 0 aromatic carbocycles. The summed E-state index contributed by atoms with van der Waals surface area (Å²) in [6.45, 7) is 8.30. The average Bonchev–Trinajstić information content (AvgIpc) is 3.06. The highest BCUT2D eigenvalue weighted by Gasteiger charge is 2.60. The number of hydrogen-bond acceptors (Lipinski definition) is 6. The van der Waals surface area contributed by atoms with Gasteiger partial charge in [0.15, 0.2) is 0 Å². The largest absolute Gasteiger partial charge is 0.461 e. The van der Waals surface area contributed by atoms with Crippen molar-refractivity contribution in [3.8, 4) is 0 Å². The topological polar surface area (TPSA) is 95.9 Å². The van der Waals surface area contributed by atoms with Gasteiger partial charge in [-0.15, -0.1) is 11.8 Å². The van der Waals surface area contributed by atoms with E-state index in [0.29, 0.717) is 18.7 Å². The molecule has 3 aliphatic heterocycles. The lowest BCUT2D eigenvalue weighted by Crippen LogP contribution is -2.63. The minimum absolute atomic E-state index is 0.00102. The molecule has 3 heterocycles. The average molecular weight is 382 g/mol. The summed E-state index contributed by atoms with van der Waals surface area (Å²) in [7, 11) is 0. The van der Waals surface area contributed by atoms with Gasteiger partial charge in [0.25, 0.3) is 0 Å². The van der Waals surface area contributed by atoms with Gasteiger partial charge in [-0.25, -0.2) is 4.79 Å². The number of esters is 1. The molecule has 0 spiro atoms. The summed E-state index contributed by atoms with van der Waals surface area (Å²) >= 11 is 1.48. The van der Waals surface area contributed by atoms with Crippen LogP contribution in [0.1, 0.15) is 34.1 Å². The predicted molar refractivity (Wildman–Crippen MR) is 96.8 cm³/mol. The van der Waals surface area contributed by atoms with E-state index in [2.05, 4.69) is 5.32 Å². The monoisotopic (exact) mass is 382 g/mol. The third-order valence-electron chi connectivity index (χ3n) is 5.08. The maximum Gasteiger partial charge on any atom is 0.355 e. The highest BCUT2D eigenvalue weighted by molar-refractivity contribution is 8.03. The Hall–Kier alpha value is -1.54. The molecule has 3 rings (SSSR count). The minimum Gasteiger partial charge on any atom is -0.461 e. The summed E-state index contributed by atoms with van der Waals surface area (Å²) in [4.78, 5) is 39.1. The van der Waals surface area contributed by atoms with Crippen LogP contribution in [-0.4, -0.2) is 58.3 Å². The van der Waals surface area contributed by atoms with Crippen molar-refractivity contribution in [1.29, 1.82) is 0 Å². The second-order valence-corrected chi connectivity index (χ2v) is 9.05. The van der Waals surface area contributed by atoms with Crippen molar-refractivity contribution in [3.63, 3.8) is 0 Å². The lowest BCUT2D eigenvalue weighted by Gasteiger charge is -2.46. The molecule has 0 radical (unpaired) electrons. The van der Waals surface area contributed by atoms with E-state index >= 15 is 0 Å². The van der Waals surface area contributed by atoms with Gasteiger partial charge < -0.3 is 20.1 Å². The van der Waals surface area contributed by atoms with E-state index in [9.17, 15) is 19.5 Å². The molecule has 2 amide bonds. The van der Waals surface area contributed by atoms with Crippen LogP contribution in [0.25, 0.3) is 0 Å². The third kappa shape index (κ3) is 3.24. The first-order valence-electron chi connectivity index (χ1n) is 9.08. The van der Waals surface area contributed by atoms with Crippen LogP contribution in [0.2, 0.25) is 0 Å². The molecular weight excluding hydrogens is 356 g/mol. The lowest BCUT2D eigenvalue weighted by atomic mass is 9.79. The number of amides is 2. The van der Waals surface area contributed by atoms with Gasteiger partial charge in [-0.3, -0.25) is 9.59 Å². The second-order valence-electron chi connectivity index (χ2n) is 7.71. The molecule has 3 unspecified atom stereocenters. The van der Waals surface area contributed by atoms with E-state index in [1.54, 1.807) is 6.92 Å². The SMILES string of the molecule is CC(C)COC(=O)C1=C(SC2CNC(=O)C2)[C@H](C)C2C([C@@H](C)O)C(=O)N12. The maximum absolute atomic E-state index is 12.7. The second kappa shape index (κ2) is 7.23. The summed E-state index contributed by atoms with van der Waals surface area (Å²) < 4.78 is 5.40. The van der Waals surface area contributed by atoms with E-state index < -0.39 is 18.0 Å². The fourth-order valence-corrected chi connectivity index (χ4v) is 5.23. The number of aliphatic hydroxyl groups is 1. The Morgan fingerprint density at radius 3 is 2.62 bits per heavy atom. The molecule has 26 heavy (non-hydrogen) atoms. The predicted octanol–water partition coefficient (Wildman–Crippen LogP) is 0.876. The Morgan fingerprint density at radius 2 is 2.08 bits per heavy atom. The molecule has 0 saturated carbocycles. The van der Waals surface area contributed by atoms with Gasteiger partial charge in [-0.1, -0.05) is 20.8 Å². The van der Waals surface area contributed by atoms with E-state index in [0.717, 1.165) is 4.91 Å². The number of carbonyl (C=O) groups excluding carboxylic acids is 3. The Balaban J connectivity index is 1.87. The number of rotatable bonds is 6. The lowest BCUT2D eigenvalue weighted by molar-refractivity contribution is -0.164. The molecule has 2 saturated heterocycles. The number of fused-ring (bicyclic) bond motifs is 1.